The van der Waals surface area contributed by atoms with Crippen LogP contribution in [-0.4, -0.2) is 75.9 Å². The van der Waals surface area contributed by atoms with Gasteiger partial charge >= 0.3 is 0 Å². The maximum Gasteiger partial charge on any atom is 0.243 e. The molecule has 7 nitrogen and oxygen atoms in total. The highest BCUT2D eigenvalue weighted by molar-refractivity contribution is 5.85. The Bertz CT molecular complexity index is 491. The zero-order valence-corrected chi connectivity index (χ0v) is 16.2. The monoisotopic (exact) mass is 366 g/mol. The molecule has 1 heterocycles. The summed E-state index contributed by atoms with van der Waals surface area (Å²) in [5.74, 6) is 2.43. The van der Waals surface area contributed by atoms with Crippen LogP contribution in [0.4, 0.5) is 0 Å². The smallest absolute Gasteiger partial charge is 0.243 e. The van der Waals surface area contributed by atoms with E-state index in [-0.39, 0.29) is 18.6 Å². The van der Waals surface area contributed by atoms with Gasteiger partial charge in [-0.1, -0.05) is 6.42 Å². The Morgan fingerprint density at radius 2 is 2.15 bits per heavy atom. The van der Waals surface area contributed by atoms with Crippen LogP contribution in [0.15, 0.2) is 4.99 Å². The van der Waals surface area contributed by atoms with Gasteiger partial charge < -0.3 is 25.0 Å². The Kier molecular flexibility index (Phi) is 7.14. The molecule has 3 aliphatic rings. The fourth-order valence-corrected chi connectivity index (χ4v) is 4.21. The maximum absolute atomic E-state index is 11.9. The second-order valence-electron chi connectivity index (χ2n) is 8.02. The lowest BCUT2D eigenvalue weighted by Crippen LogP contribution is -2.46. The summed E-state index contributed by atoms with van der Waals surface area (Å²) in [6.45, 7) is 3.22. The van der Waals surface area contributed by atoms with Gasteiger partial charge in [0, 0.05) is 39.9 Å². The van der Waals surface area contributed by atoms with Crippen molar-refractivity contribution in [2.45, 2.75) is 50.7 Å². The van der Waals surface area contributed by atoms with Gasteiger partial charge in [0.05, 0.1) is 12.7 Å². The van der Waals surface area contributed by atoms with Gasteiger partial charge in [-0.05, 0) is 43.9 Å². The van der Waals surface area contributed by atoms with Crippen molar-refractivity contribution in [3.8, 4) is 0 Å². The number of hydrogen-bond donors (Lipinski definition) is 2. The molecular formula is C19H34N4O3. The van der Waals surface area contributed by atoms with E-state index in [9.17, 15) is 4.79 Å². The van der Waals surface area contributed by atoms with Crippen LogP contribution in [0, 0.1) is 11.8 Å². The van der Waals surface area contributed by atoms with Crippen LogP contribution in [0.25, 0.3) is 0 Å². The van der Waals surface area contributed by atoms with Gasteiger partial charge in [-0.2, -0.15) is 0 Å². The molecular weight excluding hydrogens is 332 g/mol. The summed E-state index contributed by atoms with van der Waals surface area (Å²) in [5, 5.41) is 6.96. The number of nitrogens with zero attached hydrogens (tertiary/aromatic N) is 2. The molecule has 1 aliphatic heterocycles. The lowest BCUT2D eigenvalue weighted by Gasteiger charge is -2.25. The minimum atomic E-state index is 0.0172. The molecule has 2 N–H and O–H groups in total. The number of hydrogen-bond acceptors (Lipinski definition) is 4. The molecule has 1 amide bonds. The van der Waals surface area contributed by atoms with E-state index in [1.165, 1.54) is 25.7 Å². The SMILES string of the molecule is CN(C)C(=O)CN=C(NCCCOC1CCOC1)NC1CC2CCC1C2. The highest BCUT2D eigenvalue weighted by Gasteiger charge is 2.39. The van der Waals surface area contributed by atoms with Crippen molar-refractivity contribution in [3.63, 3.8) is 0 Å². The predicted molar refractivity (Wildman–Crippen MR) is 101 cm³/mol. The lowest BCUT2D eigenvalue weighted by atomic mass is 9.95. The predicted octanol–water partition coefficient (Wildman–Crippen LogP) is 0.994. The van der Waals surface area contributed by atoms with E-state index in [1.807, 2.05) is 0 Å². The highest BCUT2D eigenvalue weighted by atomic mass is 16.5. The van der Waals surface area contributed by atoms with Gasteiger partial charge in [0.25, 0.3) is 0 Å². The first-order chi connectivity index (χ1) is 12.6. The average Bonchev–Trinajstić information content (AvgIpc) is 3.36. The van der Waals surface area contributed by atoms with Crippen molar-refractivity contribution < 1.29 is 14.3 Å². The number of guanidine groups is 1. The molecule has 26 heavy (non-hydrogen) atoms. The molecule has 2 saturated carbocycles. The maximum atomic E-state index is 11.9. The van der Waals surface area contributed by atoms with E-state index in [2.05, 4.69) is 15.6 Å². The normalized spacial score (nSPS) is 30.6. The first-order valence-corrected chi connectivity index (χ1v) is 10.1. The van der Waals surface area contributed by atoms with E-state index in [1.54, 1.807) is 19.0 Å². The fraction of sp³-hybridized carbons (Fsp3) is 0.895. The van der Waals surface area contributed by atoms with E-state index >= 15 is 0 Å². The van der Waals surface area contributed by atoms with Gasteiger partial charge in [-0.25, -0.2) is 4.99 Å². The number of carbonyl (C=O) groups is 1. The Hall–Kier alpha value is -1.34. The summed E-state index contributed by atoms with van der Waals surface area (Å²) >= 11 is 0. The lowest BCUT2D eigenvalue weighted by molar-refractivity contribution is -0.127. The first-order valence-electron chi connectivity index (χ1n) is 10.1. The van der Waals surface area contributed by atoms with Crippen molar-refractivity contribution in [1.29, 1.82) is 0 Å². The molecule has 7 heteroatoms. The molecule has 2 bridgehead atoms. The third-order valence-electron chi connectivity index (χ3n) is 5.79. The zero-order chi connectivity index (χ0) is 18.4. The summed E-state index contributed by atoms with van der Waals surface area (Å²) in [7, 11) is 3.52. The number of aliphatic imine (C=N–C) groups is 1. The van der Waals surface area contributed by atoms with Gasteiger partial charge in [-0.15, -0.1) is 0 Å². The van der Waals surface area contributed by atoms with Crippen molar-refractivity contribution in [3.05, 3.63) is 0 Å². The second kappa shape index (κ2) is 9.55. The van der Waals surface area contributed by atoms with Crippen molar-refractivity contribution >= 4 is 11.9 Å². The molecule has 0 spiro atoms. The third kappa shape index (κ3) is 5.58. The van der Waals surface area contributed by atoms with Gasteiger partial charge in [0.2, 0.25) is 5.91 Å². The van der Waals surface area contributed by atoms with E-state index in [0.717, 1.165) is 57.0 Å². The fourth-order valence-electron chi connectivity index (χ4n) is 4.21. The van der Waals surface area contributed by atoms with Gasteiger partial charge in [0.1, 0.15) is 6.54 Å². The molecule has 4 atom stereocenters. The number of ether oxygens (including phenoxy) is 2. The molecule has 3 rings (SSSR count). The Labute approximate surface area is 156 Å². The number of fused-ring (bicyclic) bond motifs is 2. The molecule has 0 aromatic carbocycles. The summed E-state index contributed by atoms with van der Waals surface area (Å²) in [5.41, 5.74) is 0. The van der Waals surface area contributed by atoms with Crippen molar-refractivity contribution in [2.24, 2.45) is 16.8 Å². The van der Waals surface area contributed by atoms with Crippen LogP contribution in [0.2, 0.25) is 0 Å². The third-order valence-corrected chi connectivity index (χ3v) is 5.79. The zero-order valence-electron chi connectivity index (χ0n) is 16.2. The summed E-state index contributed by atoms with van der Waals surface area (Å²) in [6, 6.07) is 0.501. The number of rotatable bonds is 8. The van der Waals surface area contributed by atoms with Gasteiger partial charge in [-0.3, -0.25) is 4.79 Å². The Morgan fingerprint density at radius 1 is 1.27 bits per heavy atom. The number of nitrogens with one attached hydrogen (secondary N) is 2. The van der Waals surface area contributed by atoms with Crippen LogP contribution in [0.5, 0.6) is 0 Å². The summed E-state index contributed by atoms with van der Waals surface area (Å²) in [4.78, 5) is 18.0. The van der Waals surface area contributed by atoms with Crippen LogP contribution in [0.3, 0.4) is 0 Å². The molecule has 148 valence electrons. The highest BCUT2D eigenvalue weighted by Crippen LogP contribution is 2.44. The first kappa shape index (κ1) is 19.4. The number of likely N-dealkylation sites (N-methyl/N-ethyl adjacent to an activating group) is 1. The molecule has 0 aromatic heterocycles. The summed E-state index contributed by atoms with van der Waals surface area (Å²) in [6.07, 6.45) is 7.45. The van der Waals surface area contributed by atoms with Crippen molar-refractivity contribution in [1.82, 2.24) is 15.5 Å². The van der Waals surface area contributed by atoms with Crippen LogP contribution < -0.4 is 10.6 Å². The quantitative estimate of drug-likeness (QED) is 0.381. The Balaban J connectivity index is 1.42. The molecule has 4 unspecified atom stereocenters. The van der Waals surface area contributed by atoms with Crippen LogP contribution in [-0.2, 0) is 14.3 Å². The van der Waals surface area contributed by atoms with E-state index in [4.69, 9.17) is 9.47 Å². The van der Waals surface area contributed by atoms with Crippen molar-refractivity contribution in [2.75, 3.05) is 47.0 Å². The minimum absolute atomic E-state index is 0.0172. The van der Waals surface area contributed by atoms with E-state index < -0.39 is 0 Å². The number of amides is 1. The number of carbonyl (C=O) groups excluding carboxylic acids is 1. The minimum Gasteiger partial charge on any atom is -0.379 e. The van der Waals surface area contributed by atoms with Gasteiger partial charge in [0.15, 0.2) is 5.96 Å². The molecule has 1 saturated heterocycles. The average molecular weight is 367 g/mol. The standard InChI is InChI=1S/C19H34N4O3/c1-23(2)18(24)12-21-19(22-17-11-14-4-5-15(17)10-14)20-7-3-8-26-16-6-9-25-13-16/h14-17H,3-13H2,1-2H3,(H2,20,21,22). The molecule has 0 aromatic rings. The Morgan fingerprint density at radius 3 is 2.81 bits per heavy atom. The second-order valence-corrected chi connectivity index (χ2v) is 8.02. The molecule has 2 aliphatic carbocycles. The topological polar surface area (TPSA) is 75.2 Å². The molecule has 3 fully saturated rings. The van der Waals surface area contributed by atoms with Crippen LogP contribution >= 0.6 is 0 Å². The summed E-state index contributed by atoms with van der Waals surface area (Å²) < 4.78 is 11.1. The van der Waals surface area contributed by atoms with E-state index in [0.29, 0.717) is 6.04 Å². The largest absolute Gasteiger partial charge is 0.379 e. The van der Waals surface area contributed by atoms with Crippen LogP contribution in [0.1, 0.15) is 38.5 Å². The molecule has 0 radical (unpaired) electrons.